The summed E-state index contributed by atoms with van der Waals surface area (Å²) in [6.45, 7) is 6.29. The van der Waals surface area contributed by atoms with Crippen molar-refractivity contribution in [2.24, 2.45) is 0 Å². The molecule has 0 saturated carbocycles. The Kier molecular flexibility index (Phi) is 5.61. The van der Waals surface area contributed by atoms with Crippen molar-refractivity contribution < 1.29 is 4.39 Å². The zero-order valence-electron chi connectivity index (χ0n) is 11.5. The van der Waals surface area contributed by atoms with Crippen molar-refractivity contribution in [3.05, 3.63) is 34.6 Å². The molecule has 1 aromatic rings. The van der Waals surface area contributed by atoms with Crippen LogP contribution >= 0.6 is 11.6 Å². The number of nitrogens with zero attached hydrogens (tertiary/aromatic N) is 1. The maximum absolute atomic E-state index is 13.2. The second-order valence-corrected chi connectivity index (χ2v) is 5.52. The fraction of sp³-hybridized carbons (Fsp3) is 0.600. The molecular formula is C15H22ClFN2. The molecule has 1 fully saturated rings. The number of rotatable bonds is 5. The average Bonchev–Trinajstić information content (AvgIpc) is 2.42. The highest BCUT2D eigenvalue weighted by Crippen LogP contribution is 2.32. The summed E-state index contributed by atoms with van der Waals surface area (Å²) in [5.41, 5.74) is 1.07. The standard InChI is InChI=1S/C15H22ClFN2/c1-2-3-4-15(19-9-7-18-8-10-19)13-6-5-12(17)11-14(13)16/h5-6,11,15,18H,2-4,7-10H2,1H3/t15-/m1/s1. The fourth-order valence-corrected chi connectivity index (χ4v) is 2.99. The topological polar surface area (TPSA) is 15.3 Å². The minimum Gasteiger partial charge on any atom is -0.314 e. The third-order valence-corrected chi connectivity index (χ3v) is 4.07. The molecule has 0 radical (unpaired) electrons. The quantitative estimate of drug-likeness (QED) is 0.888. The third kappa shape index (κ3) is 3.91. The third-order valence-electron chi connectivity index (χ3n) is 3.74. The second kappa shape index (κ2) is 7.22. The van der Waals surface area contributed by atoms with Gasteiger partial charge in [-0.15, -0.1) is 0 Å². The second-order valence-electron chi connectivity index (χ2n) is 5.11. The van der Waals surface area contributed by atoms with Crippen molar-refractivity contribution in [2.75, 3.05) is 26.2 Å². The number of hydrogen-bond acceptors (Lipinski definition) is 2. The van der Waals surface area contributed by atoms with Crippen molar-refractivity contribution in [3.8, 4) is 0 Å². The molecular weight excluding hydrogens is 263 g/mol. The lowest BCUT2D eigenvalue weighted by Gasteiger charge is -2.35. The van der Waals surface area contributed by atoms with Crippen LogP contribution < -0.4 is 5.32 Å². The van der Waals surface area contributed by atoms with Gasteiger partial charge in [0.1, 0.15) is 5.82 Å². The molecule has 0 spiro atoms. The van der Waals surface area contributed by atoms with Gasteiger partial charge in [0, 0.05) is 37.2 Å². The molecule has 4 heteroatoms. The van der Waals surface area contributed by atoms with E-state index in [0.717, 1.165) is 38.2 Å². The number of hydrogen-bond donors (Lipinski definition) is 1. The molecule has 0 amide bonds. The first kappa shape index (κ1) is 14.8. The smallest absolute Gasteiger partial charge is 0.124 e. The van der Waals surface area contributed by atoms with Crippen LogP contribution in [0.1, 0.15) is 37.8 Å². The van der Waals surface area contributed by atoms with Gasteiger partial charge in [-0.2, -0.15) is 0 Å². The van der Waals surface area contributed by atoms with E-state index in [1.807, 2.05) is 6.07 Å². The molecule has 106 valence electrons. The van der Waals surface area contributed by atoms with Crippen LogP contribution in [0, 0.1) is 5.82 Å². The highest BCUT2D eigenvalue weighted by Gasteiger charge is 2.23. The zero-order valence-corrected chi connectivity index (χ0v) is 12.2. The summed E-state index contributed by atoms with van der Waals surface area (Å²) in [5, 5.41) is 3.92. The van der Waals surface area contributed by atoms with E-state index in [1.165, 1.54) is 25.0 Å². The van der Waals surface area contributed by atoms with Crippen molar-refractivity contribution in [2.45, 2.75) is 32.2 Å². The van der Waals surface area contributed by atoms with Crippen LogP contribution in [-0.2, 0) is 0 Å². The van der Waals surface area contributed by atoms with Crippen LogP contribution in [0.15, 0.2) is 18.2 Å². The number of piperazine rings is 1. The molecule has 1 saturated heterocycles. The predicted molar refractivity (Wildman–Crippen MR) is 78.1 cm³/mol. The van der Waals surface area contributed by atoms with Gasteiger partial charge in [-0.3, -0.25) is 4.90 Å². The van der Waals surface area contributed by atoms with Crippen LogP contribution in [0.5, 0.6) is 0 Å². The van der Waals surface area contributed by atoms with E-state index >= 15 is 0 Å². The first-order valence-corrected chi connectivity index (χ1v) is 7.50. The fourth-order valence-electron chi connectivity index (χ4n) is 2.70. The minimum absolute atomic E-state index is 0.261. The molecule has 1 N–H and O–H groups in total. The largest absolute Gasteiger partial charge is 0.314 e. The Morgan fingerprint density at radius 3 is 2.74 bits per heavy atom. The van der Waals surface area contributed by atoms with Gasteiger partial charge in [0.15, 0.2) is 0 Å². The maximum atomic E-state index is 13.2. The van der Waals surface area contributed by atoms with Gasteiger partial charge < -0.3 is 5.32 Å². The monoisotopic (exact) mass is 284 g/mol. The molecule has 2 nitrogen and oxygen atoms in total. The minimum atomic E-state index is -0.261. The molecule has 1 atom stereocenters. The molecule has 1 aliphatic heterocycles. The Bertz CT molecular complexity index is 405. The average molecular weight is 285 g/mol. The summed E-state index contributed by atoms with van der Waals surface area (Å²) >= 11 is 6.24. The van der Waals surface area contributed by atoms with E-state index < -0.39 is 0 Å². The Labute approximate surface area is 119 Å². The molecule has 1 heterocycles. The number of halogens is 2. The Morgan fingerprint density at radius 1 is 1.37 bits per heavy atom. The molecule has 1 aliphatic rings. The normalized spacial score (nSPS) is 18.5. The Morgan fingerprint density at radius 2 is 2.11 bits per heavy atom. The highest BCUT2D eigenvalue weighted by molar-refractivity contribution is 6.31. The van der Waals surface area contributed by atoms with Crippen LogP contribution in [0.3, 0.4) is 0 Å². The Balaban J connectivity index is 2.19. The van der Waals surface area contributed by atoms with Crippen LogP contribution in [0.2, 0.25) is 5.02 Å². The molecule has 2 rings (SSSR count). The lowest BCUT2D eigenvalue weighted by atomic mass is 9.98. The van der Waals surface area contributed by atoms with E-state index in [9.17, 15) is 4.39 Å². The van der Waals surface area contributed by atoms with Gasteiger partial charge in [-0.25, -0.2) is 4.39 Å². The van der Waals surface area contributed by atoms with E-state index in [1.54, 1.807) is 0 Å². The van der Waals surface area contributed by atoms with Crippen LogP contribution in [0.4, 0.5) is 4.39 Å². The van der Waals surface area contributed by atoms with E-state index in [4.69, 9.17) is 11.6 Å². The molecule has 0 aliphatic carbocycles. The van der Waals surface area contributed by atoms with Crippen molar-refractivity contribution in [3.63, 3.8) is 0 Å². The molecule has 0 aromatic heterocycles. The van der Waals surface area contributed by atoms with Gasteiger partial charge in [0.25, 0.3) is 0 Å². The number of nitrogens with one attached hydrogen (secondary N) is 1. The molecule has 1 aromatic carbocycles. The van der Waals surface area contributed by atoms with Crippen LogP contribution in [-0.4, -0.2) is 31.1 Å². The lowest BCUT2D eigenvalue weighted by molar-refractivity contribution is 0.163. The summed E-state index contributed by atoms with van der Waals surface area (Å²) in [6.07, 6.45) is 3.42. The number of benzene rings is 1. The summed E-state index contributed by atoms with van der Waals surface area (Å²) < 4.78 is 13.2. The summed E-state index contributed by atoms with van der Waals surface area (Å²) in [4.78, 5) is 2.46. The first-order valence-electron chi connectivity index (χ1n) is 7.12. The van der Waals surface area contributed by atoms with Crippen LogP contribution in [0.25, 0.3) is 0 Å². The maximum Gasteiger partial charge on any atom is 0.124 e. The highest BCUT2D eigenvalue weighted by atomic mass is 35.5. The molecule has 19 heavy (non-hydrogen) atoms. The SMILES string of the molecule is CCCC[C@H](c1ccc(F)cc1Cl)N1CCNCC1. The van der Waals surface area contributed by atoms with Gasteiger partial charge in [0.05, 0.1) is 0 Å². The van der Waals surface area contributed by atoms with Gasteiger partial charge >= 0.3 is 0 Å². The summed E-state index contributed by atoms with van der Waals surface area (Å²) in [7, 11) is 0. The predicted octanol–water partition coefficient (Wildman–Crippen LogP) is 3.62. The van der Waals surface area contributed by atoms with Gasteiger partial charge in [0.2, 0.25) is 0 Å². The Hall–Kier alpha value is -0.640. The van der Waals surface area contributed by atoms with Crippen molar-refractivity contribution >= 4 is 11.6 Å². The number of unbranched alkanes of at least 4 members (excludes halogenated alkanes) is 1. The van der Waals surface area contributed by atoms with E-state index in [-0.39, 0.29) is 5.82 Å². The zero-order chi connectivity index (χ0) is 13.7. The molecule has 0 unspecified atom stereocenters. The first-order chi connectivity index (χ1) is 9.22. The van der Waals surface area contributed by atoms with Crippen molar-refractivity contribution in [1.29, 1.82) is 0 Å². The summed E-state index contributed by atoms with van der Waals surface area (Å²) in [6, 6.07) is 5.11. The van der Waals surface area contributed by atoms with Gasteiger partial charge in [-0.05, 0) is 24.1 Å². The van der Waals surface area contributed by atoms with E-state index in [0.29, 0.717) is 11.1 Å². The van der Waals surface area contributed by atoms with Crippen molar-refractivity contribution in [1.82, 2.24) is 10.2 Å². The summed E-state index contributed by atoms with van der Waals surface area (Å²) in [5.74, 6) is -0.261. The molecule has 0 bridgehead atoms. The van der Waals surface area contributed by atoms with E-state index in [2.05, 4.69) is 17.1 Å². The lowest BCUT2D eigenvalue weighted by Crippen LogP contribution is -2.45. The van der Waals surface area contributed by atoms with Gasteiger partial charge in [-0.1, -0.05) is 37.4 Å².